The van der Waals surface area contributed by atoms with Crippen molar-refractivity contribution in [3.63, 3.8) is 0 Å². The second-order valence-corrected chi connectivity index (χ2v) is 38.3. The molecular formula is C142H87NO3. The van der Waals surface area contributed by atoms with Crippen LogP contribution >= 0.6 is 0 Å². The Kier molecular flexibility index (Phi) is 19.7. The van der Waals surface area contributed by atoms with Crippen molar-refractivity contribution in [2.75, 3.05) is 0 Å². The Morgan fingerprint density at radius 1 is 0.130 bits per heavy atom. The molecule has 0 saturated heterocycles. The van der Waals surface area contributed by atoms with Gasteiger partial charge in [-0.2, -0.15) is 0 Å². The summed E-state index contributed by atoms with van der Waals surface area (Å²) < 4.78 is 22.9. The van der Waals surface area contributed by atoms with Crippen LogP contribution in [0.4, 0.5) is 0 Å². The quantitative estimate of drug-likeness (QED) is 0.128. The molecular weight excluding hydrogens is 1770 g/mol. The monoisotopic (exact) mass is 1850 g/mol. The van der Waals surface area contributed by atoms with E-state index < -0.39 is 0 Å². The number of hydrogen-bond donors (Lipinski definition) is 0. The molecule has 0 bridgehead atoms. The van der Waals surface area contributed by atoms with E-state index in [1.54, 1.807) is 0 Å². The summed E-state index contributed by atoms with van der Waals surface area (Å²) >= 11 is 0. The Bertz CT molecular complexity index is 10600. The number of rotatable bonds is 10. The normalized spacial score (nSPS) is 11.8. The number of hydrogen-bond acceptors (Lipinski definition) is 3. The summed E-state index contributed by atoms with van der Waals surface area (Å²) in [5.41, 5.74) is 30.5. The molecule has 31 aromatic rings. The highest BCUT2D eigenvalue weighted by atomic mass is 16.3. The number of para-hydroxylation sites is 4. The van der Waals surface area contributed by atoms with E-state index >= 15 is 0 Å². The largest absolute Gasteiger partial charge is 0.455 e. The fourth-order valence-corrected chi connectivity index (χ4v) is 24.3. The van der Waals surface area contributed by atoms with Crippen LogP contribution < -0.4 is 0 Å². The smallest absolute Gasteiger partial charge is 0.160 e. The lowest BCUT2D eigenvalue weighted by atomic mass is 9.83. The predicted molar refractivity (Wildman–Crippen MR) is 619 cm³/mol. The van der Waals surface area contributed by atoms with Gasteiger partial charge in [-0.1, -0.05) is 473 Å². The third kappa shape index (κ3) is 13.3. The van der Waals surface area contributed by atoms with Crippen LogP contribution in [0, 0.1) is 0 Å². The Morgan fingerprint density at radius 3 is 0.781 bits per heavy atom. The lowest BCUT2D eigenvalue weighted by molar-refractivity contribution is 0.666. The number of fused-ring (bicyclic) bond motifs is 22. The fourth-order valence-electron chi connectivity index (χ4n) is 24.3. The molecule has 0 amide bonds. The van der Waals surface area contributed by atoms with Crippen LogP contribution in [0.3, 0.4) is 0 Å². The second-order valence-electron chi connectivity index (χ2n) is 38.3. The maximum absolute atomic E-state index is 7.00. The van der Waals surface area contributed by atoms with Crippen LogP contribution in [0.25, 0.3) is 301 Å². The zero-order valence-electron chi connectivity index (χ0n) is 79.4. The highest BCUT2D eigenvalue weighted by molar-refractivity contribution is 6.33. The molecule has 0 N–H and O–H groups in total. The molecule has 4 aromatic heterocycles. The van der Waals surface area contributed by atoms with Crippen LogP contribution in [-0.4, -0.2) is 4.57 Å². The summed E-state index contributed by atoms with van der Waals surface area (Å²) in [5, 5.41) is 34.1. The fraction of sp³-hybridized carbons (Fsp3) is 0. The SMILES string of the molecule is c1ccc(-c2ccc(-c3c4ccccc4c(-c4cccc5ccccc45)c4ccccc34)c3c2oc2ccccc23)cc1.c1ccc(-c2ccccc2-c2ccc(-c3c4ccccc4c(-c4cccc5ccccc45)c4ccccc34)c3c2oc2ccccc23)cc1.c1ccc2cc3c(cc2c1)c1ccccc1n3-c1ccc(-c2c3ccccc3c(-c3cccc4ccccc34)c3ccccc23)c2c1oc1ccccc12. The van der Waals surface area contributed by atoms with Gasteiger partial charge < -0.3 is 17.8 Å². The molecule has 0 unspecified atom stereocenters. The van der Waals surface area contributed by atoms with Crippen molar-refractivity contribution < 1.29 is 13.3 Å². The average molecular weight is 1860 g/mol. The Morgan fingerprint density at radius 2 is 0.384 bits per heavy atom. The molecule has 0 aliphatic rings. The third-order valence-corrected chi connectivity index (χ3v) is 30.5. The second kappa shape index (κ2) is 34.3. The molecule has 4 heteroatoms. The van der Waals surface area contributed by atoms with E-state index in [-0.39, 0.29) is 0 Å². The highest BCUT2D eigenvalue weighted by Crippen LogP contribution is 2.56. The summed E-state index contributed by atoms with van der Waals surface area (Å²) in [6.45, 7) is 0. The zero-order chi connectivity index (χ0) is 96.0. The van der Waals surface area contributed by atoms with Gasteiger partial charge in [0.15, 0.2) is 5.58 Å². The van der Waals surface area contributed by atoms with Crippen molar-refractivity contribution in [3.05, 3.63) is 528 Å². The van der Waals surface area contributed by atoms with Crippen molar-refractivity contribution in [1.29, 1.82) is 0 Å². The molecule has 0 aliphatic heterocycles. The molecule has 27 aromatic carbocycles. The van der Waals surface area contributed by atoms with Gasteiger partial charge in [0.05, 0.1) is 16.7 Å². The first-order valence-electron chi connectivity index (χ1n) is 50.2. The standard InChI is InChI=1S/C52H31NO.C48H30O.C42H26O/c1-2-16-34-31-47-44(30-33(34)15-1)36-19-9-11-26-45(36)53(47)46-29-28-43(51-42-24-10-12-27-48(42)54-52(46)51)50-40-22-7-5-20-38(40)49(39-21-6-8-23-41(39)50)37-25-13-17-32-14-3-4-18-35(32)37;1-2-15-31(16-3-1)33-19-6-7-21-35(33)41-29-30-43(47-42-26-12-13-28-44(42)49-48(41)47)46-39-24-10-8-22-37(39)45(38-23-9-11-25-40(38)46)36-27-14-18-32-17-4-5-20-34(32)36;1-2-13-28(14-3-1)30-25-26-37(41-36-22-10-11-24-38(36)43-42(30)41)40-34-20-8-6-18-32(34)39(33-19-7-9-21-35(33)40)31-23-12-16-27-15-4-5-17-29(27)31/h1-31H;1-30H;1-26H. The van der Waals surface area contributed by atoms with Crippen LogP contribution in [0.15, 0.2) is 541 Å². The highest BCUT2D eigenvalue weighted by Gasteiger charge is 2.30. The summed E-state index contributed by atoms with van der Waals surface area (Å²) in [7, 11) is 0. The van der Waals surface area contributed by atoms with Crippen molar-refractivity contribution in [3.8, 4) is 106 Å². The molecule has 678 valence electrons. The lowest BCUT2D eigenvalue weighted by Gasteiger charge is -2.20. The molecule has 0 aliphatic carbocycles. The number of aromatic nitrogens is 1. The van der Waals surface area contributed by atoms with Gasteiger partial charge in [0.25, 0.3) is 0 Å². The van der Waals surface area contributed by atoms with Crippen molar-refractivity contribution in [1.82, 2.24) is 4.57 Å². The van der Waals surface area contributed by atoms with E-state index in [9.17, 15) is 0 Å². The van der Waals surface area contributed by atoms with E-state index in [1.165, 1.54) is 202 Å². The third-order valence-electron chi connectivity index (χ3n) is 30.5. The first kappa shape index (κ1) is 83.7. The van der Waals surface area contributed by atoms with E-state index in [4.69, 9.17) is 13.3 Å². The molecule has 4 heterocycles. The topological polar surface area (TPSA) is 44.4 Å². The number of nitrogens with zero attached hydrogens (tertiary/aromatic N) is 1. The maximum atomic E-state index is 7.00. The van der Waals surface area contributed by atoms with Gasteiger partial charge in [-0.05, 0) is 251 Å². The first-order chi connectivity index (χ1) is 72.5. The van der Waals surface area contributed by atoms with Crippen LogP contribution in [-0.2, 0) is 0 Å². The molecule has 4 nitrogen and oxygen atoms in total. The molecule has 0 atom stereocenters. The van der Waals surface area contributed by atoms with Crippen molar-refractivity contribution in [2.45, 2.75) is 0 Å². The minimum absolute atomic E-state index is 0.883. The van der Waals surface area contributed by atoms with Gasteiger partial charge in [0, 0.05) is 54.2 Å². The summed E-state index contributed by atoms with van der Waals surface area (Å²) in [6, 6.07) is 191. The minimum atomic E-state index is 0.883. The molecule has 0 saturated carbocycles. The maximum Gasteiger partial charge on any atom is 0.160 e. The van der Waals surface area contributed by atoms with Gasteiger partial charge in [-0.15, -0.1) is 0 Å². The zero-order valence-corrected chi connectivity index (χ0v) is 79.4. The summed E-state index contributed by atoms with van der Waals surface area (Å²) in [5.74, 6) is 0. The van der Waals surface area contributed by atoms with E-state index in [0.717, 1.165) is 99.3 Å². The van der Waals surface area contributed by atoms with Crippen LogP contribution in [0.2, 0.25) is 0 Å². The molecule has 146 heavy (non-hydrogen) atoms. The Labute approximate surface area is 840 Å². The van der Waals surface area contributed by atoms with Crippen molar-refractivity contribution in [2.24, 2.45) is 0 Å². The van der Waals surface area contributed by atoms with Crippen molar-refractivity contribution >= 4 is 195 Å². The van der Waals surface area contributed by atoms with Gasteiger partial charge in [0.1, 0.15) is 27.9 Å². The van der Waals surface area contributed by atoms with E-state index in [0.29, 0.717) is 0 Å². The summed E-state index contributed by atoms with van der Waals surface area (Å²) in [6.07, 6.45) is 0. The van der Waals surface area contributed by atoms with Crippen LogP contribution in [0.5, 0.6) is 0 Å². The van der Waals surface area contributed by atoms with E-state index in [2.05, 4.69) is 532 Å². The summed E-state index contributed by atoms with van der Waals surface area (Å²) in [4.78, 5) is 0. The molecule has 0 spiro atoms. The van der Waals surface area contributed by atoms with Crippen LogP contribution in [0.1, 0.15) is 0 Å². The first-order valence-corrected chi connectivity index (χ1v) is 50.2. The lowest BCUT2D eigenvalue weighted by Crippen LogP contribution is -1.96. The van der Waals surface area contributed by atoms with E-state index in [1.807, 2.05) is 0 Å². The number of furan rings is 3. The predicted octanol–water partition coefficient (Wildman–Crippen LogP) is 40.4. The number of benzene rings is 27. The molecule has 31 rings (SSSR count). The average Bonchev–Trinajstić information content (AvgIpc) is 1.47. The molecule has 0 radical (unpaired) electrons. The Balaban J connectivity index is 0.000000104. The Hall–Kier alpha value is -19.3. The van der Waals surface area contributed by atoms with Gasteiger partial charge >= 0.3 is 0 Å². The minimum Gasteiger partial charge on any atom is -0.455 e. The van der Waals surface area contributed by atoms with Gasteiger partial charge in [-0.3, -0.25) is 0 Å². The molecule has 0 fully saturated rings. The van der Waals surface area contributed by atoms with Gasteiger partial charge in [-0.25, -0.2) is 0 Å². The van der Waals surface area contributed by atoms with Gasteiger partial charge in [0.2, 0.25) is 0 Å².